The van der Waals surface area contributed by atoms with E-state index >= 15 is 0 Å². The molecule has 1 nitrogen and oxygen atoms in total. The molecule has 1 fully saturated rings. The maximum atomic E-state index is 5.65. The molecule has 0 spiro atoms. The molecule has 0 saturated heterocycles. The molecule has 1 saturated carbocycles. The molecule has 1 rings (SSSR count). The Kier molecular flexibility index (Phi) is 18.2. The SMILES string of the molecule is CCCCCCCCCCCCCCCCN(C(=S)[S][Mo])C1CCCCC1. The molecule has 0 aliphatic heterocycles. The second-order valence-electron chi connectivity index (χ2n) is 8.43. The predicted octanol–water partition coefficient (Wildman–Crippen LogP) is 8.58. The maximum absolute atomic E-state index is 5.65. The van der Waals surface area contributed by atoms with Crippen molar-refractivity contribution in [1.82, 2.24) is 4.90 Å². The number of unbranched alkanes of at least 4 members (excludes halogenated alkanes) is 13. The van der Waals surface area contributed by atoms with Crippen LogP contribution in [0.2, 0.25) is 0 Å². The van der Waals surface area contributed by atoms with Gasteiger partial charge >= 0.3 is 145 Å². The van der Waals surface area contributed by atoms with Gasteiger partial charge in [-0.15, -0.1) is 0 Å². The summed E-state index contributed by atoms with van der Waals surface area (Å²) in [7, 11) is 1.78. The van der Waals surface area contributed by atoms with Crippen LogP contribution in [0.5, 0.6) is 0 Å². The van der Waals surface area contributed by atoms with Crippen LogP contribution in [-0.2, 0) is 18.5 Å². The summed E-state index contributed by atoms with van der Waals surface area (Å²) in [5.41, 5.74) is 0. The third kappa shape index (κ3) is 13.7. The number of rotatable bonds is 16. The van der Waals surface area contributed by atoms with Crippen LogP contribution in [-0.4, -0.2) is 21.8 Å². The Labute approximate surface area is 190 Å². The second-order valence-corrected chi connectivity index (χ2v) is 10.9. The van der Waals surface area contributed by atoms with Crippen molar-refractivity contribution in [1.29, 1.82) is 0 Å². The molecule has 0 aromatic carbocycles. The molecular formula is C23H44MoNS2. The van der Waals surface area contributed by atoms with E-state index in [2.05, 4.69) is 30.4 Å². The van der Waals surface area contributed by atoms with Gasteiger partial charge in [-0.3, -0.25) is 0 Å². The first-order valence-corrected chi connectivity index (χ1v) is 15.5. The average molecular weight is 495 g/mol. The Morgan fingerprint density at radius 3 is 1.67 bits per heavy atom. The topological polar surface area (TPSA) is 3.24 Å². The predicted molar refractivity (Wildman–Crippen MR) is 124 cm³/mol. The van der Waals surface area contributed by atoms with Gasteiger partial charge in [-0.1, -0.05) is 45.4 Å². The quantitative estimate of drug-likeness (QED) is 0.120. The van der Waals surface area contributed by atoms with Crippen molar-refractivity contribution in [3.63, 3.8) is 0 Å². The number of nitrogens with zero attached hydrogens (tertiary/aromatic N) is 1. The molecule has 0 atom stereocenters. The van der Waals surface area contributed by atoms with Crippen molar-refractivity contribution in [3.8, 4) is 0 Å². The molecule has 159 valence electrons. The molecule has 0 aromatic heterocycles. The molecule has 0 aromatic rings. The van der Waals surface area contributed by atoms with E-state index in [0.717, 1.165) is 10.4 Å². The van der Waals surface area contributed by atoms with E-state index in [1.54, 1.807) is 9.47 Å². The molecular weight excluding hydrogens is 450 g/mol. The van der Waals surface area contributed by atoms with Crippen molar-refractivity contribution in [3.05, 3.63) is 0 Å². The van der Waals surface area contributed by atoms with Gasteiger partial charge in [-0.2, -0.15) is 0 Å². The number of hydrogen-bond donors (Lipinski definition) is 0. The van der Waals surface area contributed by atoms with Gasteiger partial charge in [0.15, 0.2) is 0 Å². The van der Waals surface area contributed by atoms with E-state index in [-0.39, 0.29) is 0 Å². The Hall–Kier alpha value is 0.928. The van der Waals surface area contributed by atoms with Crippen molar-refractivity contribution in [2.45, 2.75) is 135 Å². The third-order valence-electron chi connectivity index (χ3n) is 6.07. The minimum absolute atomic E-state index is 0.738. The first-order chi connectivity index (χ1) is 13.3. The van der Waals surface area contributed by atoms with E-state index < -0.39 is 0 Å². The summed E-state index contributed by atoms with van der Waals surface area (Å²) < 4.78 is 1.14. The zero-order chi connectivity index (χ0) is 19.6. The van der Waals surface area contributed by atoms with Crippen LogP contribution in [0.15, 0.2) is 0 Å². The first kappa shape index (κ1) is 26.0. The van der Waals surface area contributed by atoms with Crippen LogP contribution in [0.25, 0.3) is 0 Å². The molecule has 0 amide bonds. The van der Waals surface area contributed by atoms with E-state index in [9.17, 15) is 0 Å². The number of hydrogen-bond acceptors (Lipinski definition) is 2. The molecule has 4 heteroatoms. The fourth-order valence-electron chi connectivity index (χ4n) is 4.34. The Morgan fingerprint density at radius 1 is 0.778 bits per heavy atom. The van der Waals surface area contributed by atoms with E-state index in [4.69, 9.17) is 12.2 Å². The number of thiocarbonyl (C=S) groups is 1. The molecule has 0 radical (unpaired) electrons. The van der Waals surface area contributed by atoms with Gasteiger partial charge in [0.05, 0.1) is 0 Å². The fourth-order valence-corrected chi connectivity index (χ4v) is 5.62. The Morgan fingerprint density at radius 2 is 1.22 bits per heavy atom. The van der Waals surface area contributed by atoms with Crippen LogP contribution in [0.3, 0.4) is 0 Å². The molecule has 0 heterocycles. The summed E-state index contributed by atoms with van der Waals surface area (Å²) in [5, 5.41) is 0. The summed E-state index contributed by atoms with van der Waals surface area (Å²) in [4.78, 5) is 2.57. The van der Waals surface area contributed by atoms with Gasteiger partial charge in [-0.25, -0.2) is 0 Å². The van der Waals surface area contributed by atoms with E-state index in [1.165, 1.54) is 129 Å². The van der Waals surface area contributed by atoms with Crippen molar-refractivity contribution in [2.75, 3.05) is 6.54 Å². The Bertz CT molecular complexity index is 345. The van der Waals surface area contributed by atoms with Gasteiger partial charge in [0.25, 0.3) is 0 Å². The van der Waals surface area contributed by atoms with Crippen molar-refractivity contribution in [2.24, 2.45) is 0 Å². The second kappa shape index (κ2) is 18.9. The summed E-state index contributed by atoms with van der Waals surface area (Å²) >= 11 is 7.72. The average Bonchev–Trinajstić information content (AvgIpc) is 2.71. The van der Waals surface area contributed by atoms with Crippen molar-refractivity contribution >= 4 is 26.0 Å². The molecule has 0 unspecified atom stereocenters. The summed E-state index contributed by atoms with van der Waals surface area (Å²) in [5.74, 6) is 0. The Balaban J connectivity index is 1.93. The monoisotopic (exact) mass is 496 g/mol. The summed E-state index contributed by atoms with van der Waals surface area (Å²) in [6, 6.07) is 0.738. The van der Waals surface area contributed by atoms with Crippen LogP contribution >= 0.6 is 21.7 Å². The first-order valence-electron chi connectivity index (χ1n) is 11.9. The fraction of sp³-hybridized carbons (Fsp3) is 0.957. The summed E-state index contributed by atoms with van der Waals surface area (Å²) in [6.07, 6.45) is 27.0. The molecule has 27 heavy (non-hydrogen) atoms. The molecule has 1 aliphatic carbocycles. The van der Waals surface area contributed by atoms with Gasteiger partial charge in [0.2, 0.25) is 0 Å². The van der Waals surface area contributed by atoms with E-state index in [1.807, 2.05) is 0 Å². The van der Waals surface area contributed by atoms with Crippen molar-refractivity contribution < 1.29 is 18.5 Å². The van der Waals surface area contributed by atoms with Gasteiger partial charge in [-0.05, 0) is 0 Å². The van der Waals surface area contributed by atoms with Crippen LogP contribution in [0, 0.1) is 0 Å². The normalized spacial score (nSPS) is 15.1. The van der Waals surface area contributed by atoms with E-state index in [0.29, 0.717) is 0 Å². The van der Waals surface area contributed by atoms with Crippen LogP contribution in [0.1, 0.15) is 129 Å². The molecule has 1 aliphatic rings. The zero-order valence-corrected chi connectivity index (χ0v) is 21.5. The molecule has 0 bridgehead atoms. The van der Waals surface area contributed by atoms with Gasteiger partial charge < -0.3 is 0 Å². The van der Waals surface area contributed by atoms with Crippen LogP contribution < -0.4 is 0 Å². The minimum atomic E-state index is 0.738. The third-order valence-corrected chi connectivity index (χ3v) is 8.94. The standard InChI is InChI=1S/C23H45NS2.Mo/c1-2-3-4-5-6-7-8-9-10-11-12-13-14-18-21-24(23(25)26)22-19-16-15-17-20-22;/h22H,2-21H2,1H3,(H,25,26);/q;+1/p-1. The van der Waals surface area contributed by atoms with Crippen LogP contribution in [0.4, 0.5) is 0 Å². The summed E-state index contributed by atoms with van der Waals surface area (Å²) in [6.45, 7) is 3.50. The van der Waals surface area contributed by atoms with Gasteiger partial charge in [0, 0.05) is 0 Å². The molecule has 0 N–H and O–H groups in total. The van der Waals surface area contributed by atoms with Gasteiger partial charge in [0.1, 0.15) is 0 Å². The zero-order valence-electron chi connectivity index (χ0n) is 17.9.